The highest BCUT2D eigenvalue weighted by Crippen LogP contribution is 2.38. The zero-order valence-corrected chi connectivity index (χ0v) is 18.4. The summed E-state index contributed by atoms with van der Waals surface area (Å²) in [6, 6.07) is 9.35. The molecule has 1 amide bonds. The summed E-state index contributed by atoms with van der Waals surface area (Å²) in [7, 11) is 0. The minimum atomic E-state index is -0.242. The summed E-state index contributed by atoms with van der Waals surface area (Å²) in [5.74, 6) is 1.02. The molecule has 30 heavy (non-hydrogen) atoms. The van der Waals surface area contributed by atoms with Crippen molar-refractivity contribution in [1.29, 1.82) is 0 Å². The van der Waals surface area contributed by atoms with Gasteiger partial charge in [0.05, 0.1) is 33.4 Å². The molecule has 0 unspecified atom stereocenters. The Balaban J connectivity index is 1.57. The van der Waals surface area contributed by atoms with Gasteiger partial charge in [0, 0.05) is 23.2 Å². The maximum absolute atomic E-state index is 13.3. The van der Waals surface area contributed by atoms with Crippen molar-refractivity contribution in [2.45, 2.75) is 13.5 Å². The van der Waals surface area contributed by atoms with E-state index in [4.69, 9.17) is 14.5 Å². The number of carbonyl (C=O) groups is 1. The second-order valence-electron chi connectivity index (χ2n) is 6.66. The van der Waals surface area contributed by atoms with E-state index in [1.54, 1.807) is 34.3 Å². The lowest BCUT2D eigenvalue weighted by Crippen LogP contribution is -2.17. The Bertz CT molecular complexity index is 1250. The molecule has 7 nitrogen and oxygen atoms in total. The van der Waals surface area contributed by atoms with Crippen LogP contribution in [0.3, 0.4) is 0 Å². The number of ether oxygens (including phenoxy) is 2. The number of pyridine rings is 1. The number of thiophene rings is 1. The zero-order valence-electron chi connectivity index (χ0n) is 16.0. The minimum Gasteiger partial charge on any atom is -0.486 e. The number of hydrogen-bond donors (Lipinski definition) is 1. The van der Waals surface area contributed by atoms with Crippen LogP contribution in [-0.2, 0) is 6.54 Å². The average molecular weight is 485 g/mol. The number of fused-ring (bicyclic) bond motifs is 2. The first kappa shape index (κ1) is 19.1. The van der Waals surface area contributed by atoms with Crippen molar-refractivity contribution >= 4 is 49.9 Å². The third-order valence-corrected chi connectivity index (χ3v) is 6.36. The van der Waals surface area contributed by atoms with Crippen LogP contribution >= 0.6 is 27.3 Å². The van der Waals surface area contributed by atoms with E-state index in [1.807, 2.05) is 30.5 Å². The standard InChI is InChI=1S/C21H17BrN4O3S/c1-2-26-20-13(11-23-26)12(8-16(24-20)19-4-3-7-30-19)21(27)25-15-10-18-17(9-14(15)22)28-5-6-29-18/h3-4,7-11H,2,5-6H2,1H3,(H,25,27). The second-order valence-corrected chi connectivity index (χ2v) is 8.46. The molecule has 0 saturated carbocycles. The first-order chi connectivity index (χ1) is 14.6. The monoisotopic (exact) mass is 484 g/mol. The fraction of sp³-hybridized carbons (Fsp3) is 0.190. The van der Waals surface area contributed by atoms with Crippen molar-refractivity contribution < 1.29 is 14.3 Å². The Morgan fingerprint density at radius 1 is 1.27 bits per heavy atom. The SMILES string of the molecule is CCn1ncc2c(C(=O)Nc3cc4c(cc3Br)OCCO4)cc(-c3cccs3)nc21. The highest BCUT2D eigenvalue weighted by atomic mass is 79.9. The number of nitrogens with one attached hydrogen (secondary N) is 1. The molecule has 0 saturated heterocycles. The number of aromatic nitrogens is 3. The molecule has 1 N–H and O–H groups in total. The fourth-order valence-corrected chi connectivity index (χ4v) is 4.47. The molecular formula is C21H17BrN4O3S. The van der Waals surface area contributed by atoms with Gasteiger partial charge in [0.2, 0.25) is 0 Å². The predicted molar refractivity (Wildman–Crippen MR) is 120 cm³/mol. The summed E-state index contributed by atoms with van der Waals surface area (Å²) in [4.78, 5) is 19.1. The van der Waals surface area contributed by atoms with Gasteiger partial charge in [0.15, 0.2) is 17.1 Å². The van der Waals surface area contributed by atoms with E-state index < -0.39 is 0 Å². The summed E-state index contributed by atoms with van der Waals surface area (Å²) < 4.78 is 13.7. The molecule has 9 heteroatoms. The lowest BCUT2D eigenvalue weighted by molar-refractivity contribution is 0.102. The maximum Gasteiger partial charge on any atom is 0.256 e. The Morgan fingerprint density at radius 2 is 2.07 bits per heavy atom. The molecule has 0 spiro atoms. The van der Waals surface area contributed by atoms with Gasteiger partial charge in [-0.2, -0.15) is 5.10 Å². The van der Waals surface area contributed by atoms with Crippen LogP contribution in [0.1, 0.15) is 17.3 Å². The Labute approximate surface area is 184 Å². The van der Waals surface area contributed by atoms with Gasteiger partial charge in [-0.1, -0.05) is 6.07 Å². The van der Waals surface area contributed by atoms with Gasteiger partial charge in [-0.05, 0) is 40.4 Å². The van der Waals surface area contributed by atoms with Crippen molar-refractivity contribution in [2.75, 3.05) is 18.5 Å². The van der Waals surface area contributed by atoms with Gasteiger partial charge in [0.1, 0.15) is 13.2 Å². The number of rotatable bonds is 4. The van der Waals surface area contributed by atoms with E-state index in [0.717, 1.165) is 10.6 Å². The molecule has 3 aromatic heterocycles. The van der Waals surface area contributed by atoms with Gasteiger partial charge in [-0.15, -0.1) is 11.3 Å². The van der Waals surface area contributed by atoms with Gasteiger partial charge >= 0.3 is 0 Å². The predicted octanol–water partition coefficient (Wildman–Crippen LogP) is 4.97. The molecule has 1 aliphatic heterocycles. The maximum atomic E-state index is 13.3. The first-order valence-corrected chi connectivity index (χ1v) is 11.1. The molecule has 4 aromatic rings. The molecule has 152 valence electrons. The summed E-state index contributed by atoms with van der Waals surface area (Å²) in [5.41, 5.74) is 2.56. The number of nitrogens with zero attached hydrogens (tertiary/aromatic N) is 3. The van der Waals surface area contributed by atoms with Crippen LogP contribution in [0.2, 0.25) is 0 Å². The van der Waals surface area contributed by atoms with Crippen LogP contribution in [0.5, 0.6) is 11.5 Å². The molecule has 0 atom stereocenters. The van der Waals surface area contributed by atoms with Crippen LogP contribution in [0.4, 0.5) is 5.69 Å². The molecule has 1 aliphatic rings. The third kappa shape index (κ3) is 3.33. The lowest BCUT2D eigenvalue weighted by Gasteiger charge is -2.20. The minimum absolute atomic E-state index is 0.242. The topological polar surface area (TPSA) is 78.3 Å². The van der Waals surface area contributed by atoms with Crippen molar-refractivity contribution in [3.8, 4) is 22.1 Å². The van der Waals surface area contributed by atoms with Crippen LogP contribution in [-0.4, -0.2) is 33.9 Å². The number of hydrogen-bond acceptors (Lipinski definition) is 6. The highest BCUT2D eigenvalue weighted by molar-refractivity contribution is 9.10. The number of amides is 1. The smallest absolute Gasteiger partial charge is 0.256 e. The first-order valence-electron chi connectivity index (χ1n) is 9.45. The van der Waals surface area contributed by atoms with E-state index in [2.05, 4.69) is 26.3 Å². The van der Waals surface area contributed by atoms with Crippen molar-refractivity contribution in [2.24, 2.45) is 0 Å². The summed E-state index contributed by atoms with van der Waals surface area (Å²) >= 11 is 5.09. The number of carbonyl (C=O) groups excluding carboxylic acids is 1. The van der Waals surface area contributed by atoms with Crippen LogP contribution in [0.15, 0.2) is 46.4 Å². The molecule has 0 aliphatic carbocycles. The number of benzene rings is 1. The molecule has 5 rings (SSSR count). The normalized spacial score (nSPS) is 12.9. The molecular weight excluding hydrogens is 468 g/mol. The van der Waals surface area contributed by atoms with Crippen molar-refractivity contribution in [1.82, 2.24) is 14.8 Å². The van der Waals surface area contributed by atoms with Gasteiger partial charge in [-0.25, -0.2) is 9.67 Å². The number of anilines is 1. The summed E-state index contributed by atoms with van der Waals surface area (Å²) in [6.45, 7) is 3.65. The quantitative estimate of drug-likeness (QED) is 0.442. The molecule has 4 heterocycles. The zero-order chi connectivity index (χ0) is 20.7. The number of halogens is 1. The van der Waals surface area contributed by atoms with Crippen LogP contribution in [0, 0.1) is 0 Å². The van der Waals surface area contributed by atoms with E-state index >= 15 is 0 Å². The van der Waals surface area contributed by atoms with Gasteiger partial charge in [0.25, 0.3) is 5.91 Å². The Morgan fingerprint density at radius 3 is 2.80 bits per heavy atom. The molecule has 0 radical (unpaired) electrons. The van der Waals surface area contributed by atoms with Gasteiger partial charge < -0.3 is 14.8 Å². The lowest BCUT2D eigenvalue weighted by atomic mass is 10.1. The Kier molecular flexibility index (Phi) is 4.92. The molecule has 0 bridgehead atoms. The van der Waals surface area contributed by atoms with Crippen LogP contribution < -0.4 is 14.8 Å². The Hall–Kier alpha value is -2.91. The van der Waals surface area contributed by atoms with E-state index in [0.29, 0.717) is 58.0 Å². The summed E-state index contributed by atoms with van der Waals surface area (Å²) in [5, 5.41) is 10.1. The number of aryl methyl sites for hydroxylation is 1. The van der Waals surface area contributed by atoms with Gasteiger partial charge in [-0.3, -0.25) is 4.79 Å². The second kappa shape index (κ2) is 7.73. The fourth-order valence-electron chi connectivity index (χ4n) is 3.37. The van der Waals surface area contributed by atoms with E-state index in [1.165, 1.54) is 0 Å². The molecule has 0 fully saturated rings. The van der Waals surface area contributed by atoms with E-state index in [9.17, 15) is 4.79 Å². The largest absolute Gasteiger partial charge is 0.486 e. The molecule has 1 aromatic carbocycles. The van der Waals surface area contributed by atoms with Crippen molar-refractivity contribution in [3.63, 3.8) is 0 Å². The average Bonchev–Trinajstić information content (AvgIpc) is 3.43. The highest BCUT2D eigenvalue weighted by Gasteiger charge is 2.20. The third-order valence-electron chi connectivity index (χ3n) is 4.81. The van der Waals surface area contributed by atoms with Crippen LogP contribution in [0.25, 0.3) is 21.6 Å². The van der Waals surface area contributed by atoms with Crippen molar-refractivity contribution in [3.05, 3.63) is 51.9 Å². The van der Waals surface area contributed by atoms with E-state index in [-0.39, 0.29) is 5.91 Å². The summed E-state index contributed by atoms with van der Waals surface area (Å²) in [6.07, 6.45) is 1.69.